The molecule has 0 aromatic heterocycles. The van der Waals surface area contributed by atoms with Gasteiger partial charge in [-0.1, -0.05) is 55.9 Å². The van der Waals surface area contributed by atoms with Crippen molar-refractivity contribution >= 4 is 16.9 Å². The van der Waals surface area contributed by atoms with Crippen molar-refractivity contribution < 1.29 is 4.79 Å². The summed E-state index contributed by atoms with van der Waals surface area (Å²) in [5.41, 5.74) is 1.32. The third kappa shape index (κ3) is 5.36. The van der Waals surface area contributed by atoms with Gasteiger partial charge in [0.1, 0.15) is 0 Å². The number of hydrogen-bond donors (Lipinski definition) is 0. The first kappa shape index (κ1) is 13.3. The lowest BCUT2D eigenvalue weighted by atomic mass is 10.1. The standard InChI is InChI=1S/C14H20OS/c1-3-12(2)16-14(15)11-7-10-13-8-5-4-6-9-13/h4-6,8-9,12H,3,7,10-11H2,1-2H3. The molecule has 0 amide bonds. The van der Waals surface area contributed by atoms with Gasteiger partial charge < -0.3 is 0 Å². The number of aryl methyl sites for hydroxylation is 1. The summed E-state index contributed by atoms with van der Waals surface area (Å²) in [6.45, 7) is 4.23. The van der Waals surface area contributed by atoms with Crippen LogP contribution in [0, 0.1) is 0 Å². The van der Waals surface area contributed by atoms with E-state index in [4.69, 9.17) is 0 Å². The van der Waals surface area contributed by atoms with E-state index in [0.29, 0.717) is 16.8 Å². The van der Waals surface area contributed by atoms with E-state index in [0.717, 1.165) is 19.3 Å². The molecule has 0 radical (unpaired) electrons. The Hall–Kier alpha value is -0.760. The Morgan fingerprint density at radius 2 is 2.00 bits per heavy atom. The van der Waals surface area contributed by atoms with Crippen molar-refractivity contribution in [2.24, 2.45) is 0 Å². The second-order valence-corrected chi connectivity index (χ2v) is 5.54. The Labute approximate surface area is 103 Å². The van der Waals surface area contributed by atoms with Crippen molar-refractivity contribution in [1.82, 2.24) is 0 Å². The minimum Gasteiger partial charge on any atom is -0.287 e. The van der Waals surface area contributed by atoms with E-state index in [1.165, 1.54) is 17.3 Å². The van der Waals surface area contributed by atoms with Crippen molar-refractivity contribution in [2.45, 2.75) is 44.8 Å². The Morgan fingerprint density at radius 1 is 1.31 bits per heavy atom. The summed E-state index contributed by atoms with van der Waals surface area (Å²) >= 11 is 1.50. The number of hydrogen-bond acceptors (Lipinski definition) is 2. The zero-order valence-electron chi connectivity index (χ0n) is 10.1. The molecule has 88 valence electrons. The van der Waals surface area contributed by atoms with Gasteiger partial charge in [-0.3, -0.25) is 4.79 Å². The lowest BCUT2D eigenvalue weighted by Gasteiger charge is -2.06. The van der Waals surface area contributed by atoms with Gasteiger partial charge in [0, 0.05) is 11.7 Å². The summed E-state index contributed by atoms with van der Waals surface area (Å²) in [7, 11) is 0. The highest BCUT2D eigenvalue weighted by molar-refractivity contribution is 8.14. The average Bonchev–Trinajstić information content (AvgIpc) is 2.30. The Kier molecular flexibility index (Phi) is 6.24. The van der Waals surface area contributed by atoms with E-state index in [-0.39, 0.29) is 0 Å². The van der Waals surface area contributed by atoms with Crippen LogP contribution in [0.25, 0.3) is 0 Å². The Bertz CT molecular complexity index is 308. The van der Waals surface area contributed by atoms with Crippen LogP contribution in [0.4, 0.5) is 0 Å². The predicted octanol–water partition coefficient (Wildman–Crippen LogP) is 4.07. The molecule has 16 heavy (non-hydrogen) atoms. The van der Waals surface area contributed by atoms with Crippen LogP contribution in [-0.4, -0.2) is 10.4 Å². The molecule has 0 aliphatic carbocycles. The normalized spacial score (nSPS) is 12.4. The van der Waals surface area contributed by atoms with E-state index >= 15 is 0 Å². The highest BCUT2D eigenvalue weighted by Gasteiger charge is 2.07. The highest BCUT2D eigenvalue weighted by atomic mass is 32.2. The molecule has 0 saturated carbocycles. The van der Waals surface area contributed by atoms with E-state index in [9.17, 15) is 4.79 Å². The molecule has 2 heteroatoms. The van der Waals surface area contributed by atoms with Gasteiger partial charge in [0.2, 0.25) is 0 Å². The molecule has 1 nitrogen and oxygen atoms in total. The summed E-state index contributed by atoms with van der Waals surface area (Å²) in [6.07, 6.45) is 3.74. The van der Waals surface area contributed by atoms with Gasteiger partial charge in [0.15, 0.2) is 5.12 Å². The largest absolute Gasteiger partial charge is 0.287 e. The van der Waals surface area contributed by atoms with E-state index in [1.807, 2.05) is 18.2 Å². The number of carbonyl (C=O) groups is 1. The molecule has 0 fully saturated rings. The van der Waals surface area contributed by atoms with Gasteiger partial charge in [-0.05, 0) is 24.8 Å². The first-order valence-corrected chi connectivity index (χ1v) is 6.83. The van der Waals surface area contributed by atoms with Crippen LogP contribution in [0.1, 0.15) is 38.7 Å². The average molecular weight is 236 g/mol. The van der Waals surface area contributed by atoms with Gasteiger partial charge >= 0.3 is 0 Å². The second kappa shape index (κ2) is 7.50. The molecule has 1 unspecified atom stereocenters. The van der Waals surface area contributed by atoms with Gasteiger partial charge in [-0.15, -0.1) is 0 Å². The lowest BCUT2D eigenvalue weighted by molar-refractivity contribution is -0.111. The molecule has 0 N–H and O–H groups in total. The zero-order chi connectivity index (χ0) is 11.8. The second-order valence-electron chi connectivity index (χ2n) is 4.05. The molecule has 0 spiro atoms. The molecule has 0 aliphatic rings. The first-order valence-electron chi connectivity index (χ1n) is 5.95. The van der Waals surface area contributed by atoms with Crippen molar-refractivity contribution in [2.75, 3.05) is 0 Å². The van der Waals surface area contributed by atoms with E-state index in [2.05, 4.69) is 26.0 Å². The topological polar surface area (TPSA) is 17.1 Å². The molecule has 0 aliphatic heterocycles. The van der Waals surface area contributed by atoms with Crippen LogP contribution in [0.15, 0.2) is 30.3 Å². The molecule has 1 rings (SSSR count). The molecule has 1 aromatic rings. The van der Waals surface area contributed by atoms with Crippen LogP contribution in [0.5, 0.6) is 0 Å². The molecular weight excluding hydrogens is 216 g/mol. The minimum absolute atomic E-state index is 0.338. The van der Waals surface area contributed by atoms with Crippen molar-refractivity contribution in [3.05, 3.63) is 35.9 Å². The third-order valence-electron chi connectivity index (χ3n) is 2.60. The molecule has 0 bridgehead atoms. The van der Waals surface area contributed by atoms with Gasteiger partial charge in [0.05, 0.1) is 0 Å². The van der Waals surface area contributed by atoms with Crippen LogP contribution < -0.4 is 0 Å². The molecule has 0 heterocycles. The Morgan fingerprint density at radius 3 is 2.62 bits per heavy atom. The summed E-state index contributed by atoms with van der Waals surface area (Å²) in [4.78, 5) is 11.6. The molecule has 1 aromatic carbocycles. The van der Waals surface area contributed by atoms with Crippen LogP contribution in [-0.2, 0) is 11.2 Å². The first-order chi connectivity index (χ1) is 7.72. The summed E-state index contributed by atoms with van der Waals surface area (Å²) < 4.78 is 0. The number of thioether (sulfide) groups is 1. The predicted molar refractivity (Wildman–Crippen MR) is 71.7 cm³/mol. The summed E-state index contributed by atoms with van der Waals surface area (Å²) in [6, 6.07) is 10.3. The van der Waals surface area contributed by atoms with Gasteiger partial charge in [-0.2, -0.15) is 0 Å². The SMILES string of the molecule is CCC(C)SC(=O)CCCc1ccccc1. The molecule has 1 atom stereocenters. The number of carbonyl (C=O) groups excluding carboxylic acids is 1. The minimum atomic E-state index is 0.338. The molecule has 0 saturated heterocycles. The maximum Gasteiger partial charge on any atom is 0.189 e. The maximum atomic E-state index is 11.6. The zero-order valence-corrected chi connectivity index (χ0v) is 10.9. The maximum absolute atomic E-state index is 11.6. The van der Waals surface area contributed by atoms with E-state index < -0.39 is 0 Å². The fourth-order valence-electron chi connectivity index (χ4n) is 1.45. The number of benzene rings is 1. The van der Waals surface area contributed by atoms with E-state index in [1.54, 1.807) is 0 Å². The fraction of sp³-hybridized carbons (Fsp3) is 0.500. The lowest BCUT2D eigenvalue weighted by Crippen LogP contribution is -2.01. The summed E-state index contributed by atoms with van der Waals surface area (Å²) in [5, 5.41) is 0.800. The van der Waals surface area contributed by atoms with Crippen LogP contribution in [0.2, 0.25) is 0 Å². The smallest absolute Gasteiger partial charge is 0.189 e. The van der Waals surface area contributed by atoms with Crippen molar-refractivity contribution in [3.8, 4) is 0 Å². The summed E-state index contributed by atoms with van der Waals surface area (Å²) in [5.74, 6) is 0. The molecular formula is C14H20OS. The van der Waals surface area contributed by atoms with Crippen LogP contribution >= 0.6 is 11.8 Å². The van der Waals surface area contributed by atoms with Crippen LogP contribution in [0.3, 0.4) is 0 Å². The highest BCUT2D eigenvalue weighted by Crippen LogP contribution is 2.17. The third-order valence-corrected chi connectivity index (χ3v) is 3.80. The van der Waals surface area contributed by atoms with Gasteiger partial charge in [0.25, 0.3) is 0 Å². The quantitative estimate of drug-likeness (QED) is 0.740. The fourth-order valence-corrected chi connectivity index (χ4v) is 2.33. The van der Waals surface area contributed by atoms with Gasteiger partial charge in [-0.25, -0.2) is 0 Å². The monoisotopic (exact) mass is 236 g/mol. The van der Waals surface area contributed by atoms with Crippen molar-refractivity contribution in [1.29, 1.82) is 0 Å². The number of rotatable bonds is 6. The Balaban J connectivity index is 2.18. The van der Waals surface area contributed by atoms with Crippen molar-refractivity contribution in [3.63, 3.8) is 0 Å².